The van der Waals surface area contributed by atoms with Crippen LogP contribution in [0.15, 0.2) is 48.7 Å². The van der Waals surface area contributed by atoms with Crippen LogP contribution >= 0.6 is 0 Å². The van der Waals surface area contributed by atoms with Crippen LogP contribution < -0.4 is 14.8 Å². The van der Waals surface area contributed by atoms with Gasteiger partial charge in [-0.1, -0.05) is 39.8 Å². The molecule has 2 aromatic heterocycles. The van der Waals surface area contributed by atoms with Gasteiger partial charge in [0.15, 0.2) is 8.32 Å². The van der Waals surface area contributed by atoms with E-state index in [4.69, 9.17) is 19.1 Å². The van der Waals surface area contributed by atoms with Crippen molar-refractivity contribution in [3.63, 3.8) is 0 Å². The summed E-state index contributed by atoms with van der Waals surface area (Å²) >= 11 is 0. The molecule has 2 aliphatic heterocycles. The SMILES string of the molecule is CC1(CO[Si](C)(C)C(C)(C)C)CC(N[S@@](=O)C(C)(C)C)(c2ncc(-c3ccc4nc5n(c4c3)[C@@H]3C[C@H]5NC(=O)c4cccc(OC(F)F)c43)cc2F)C1. The second-order valence-electron chi connectivity index (χ2n) is 17.7. The molecule has 14 heteroatoms. The van der Waals surface area contributed by atoms with E-state index >= 15 is 4.39 Å². The number of nitrogens with zero attached hydrogens (tertiary/aromatic N) is 3. The first-order chi connectivity index (χ1) is 24.6. The molecule has 4 heterocycles. The monoisotopic (exact) mass is 767 g/mol. The summed E-state index contributed by atoms with van der Waals surface area (Å²) in [6.07, 6.45) is 3.07. The van der Waals surface area contributed by atoms with Gasteiger partial charge in [0.1, 0.15) is 17.4 Å². The standard InChI is InChI=1S/C39H48F3N5O4SSi/c1-36(2,3)52(49)46-39(19-38(7,20-39)21-50-53(8,9)37(4,5)6)32-25(40)15-23(18-43-32)22-13-14-26-28(16-22)47-29-17-27(33(47)44-26)45-34(48)24-11-10-12-30(31(24)29)51-35(41)42/h10-16,18,27,29,35,46H,17,19-21H2,1-9H3,(H,45,48)/t27-,29-,38?,39?,52+/m1/s1. The van der Waals surface area contributed by atoms with Crippen LogP contribution in [0.1, 0.15) is 107 Å². The fourth-order valence-corrected chi connectivity index (χ4v) is 9.88. The maximum absolute atomic E-state index is 16.5. The van der Waals surface area contributed by atoms with Crippen molar-refractivity contribution in [2.45, 2.75) is 115 Å². The molecule has 1 saturated carbocycles. The van der Waals surface area contributed by atoms with Gasteiger partial charge in [0.25, 0.3) is 5.91 Å². The highest BCUT2D eigenvalue weighted by atomic mass is 32.2. The maximum Gasteiger partial charge on any atom is 0.387 e. The van der Waals surface area contributed by atoms with Gasteiger partial charge in [0, 0.05) is 29.5 Å². The van der Waals surface area contributed by atoms with Crippen LogP contribution in [-0.2, 0) is 21.0 Å². The lowest BCUT2D eigenvalue weighted by atomic mass is 9.57. The van der Waals surface area contributed by atoms with Crippen molar-refractivity contribution < 1.29 is 31.3 Å². The van der Waals surface area contributed by atoms with Gasteiger partial charge < -0.3 is 19.0 Å². The number of fused-ring (bicyclic) bond motifs is 9. The van der Waals surface area contributed by atoms with Gasteiger partial charge in [-0.3, -0.25) is 9.78 Å². The van der Waals surface area contributed by atoms with Crippen molar-refractivity contribution in [2.75, 3.05) is 6.61 Å². The second-order valence-corrected chi connectivity index (χ2v) is 24.5. The molecular weight excluding hydrogens is 720 g/mol. The summed E-state index contributed by atoms with van der Waals surface area (Å²) in [6.45, 7) is 16.3. The van der Waals surface area contributed by atoms with Crippen molar-refractivity contribution in [3.8, 4) is 16.9 Å². The number of ether oxygens (including phenoxy) is 1. The number of hydrogen-bond donors (Lipinski definition) is 2. The van der Waals surface area contributed by atoms with Crippen molar-refractivity contribution in [3.05, 3.63) is 77.1 Å². The topological polar surface area (TPSA) is 107 Å². The highest BCUT2D eigenvalue weighted by Crippen LogP contribution is 2.56. The van der Waals surface area contributed by atoms with Crippen LogP contribution in [-0.4, -0.2) is 50.9 Å². The molecule has 3 aliphatic rings. The first-order valence-electron chi connectivity index (χ1n) is 18.0. The van der Waals surface area contributed by atoms with E-state index in [0.717, 1.165) is 0 Å². The molecule has 7 rings (SSSR count). The van der Waals surface area contributed by atoms with Crippen LogP contribution in [0.25, 0.3) is 22.2 Å². The normalized spacial score (nSPS) is 24.7. The van der Waals surface area contributed by atoms with Crippen molar-refractivity contribution >= 4 is 36.2 Å². The smallest absolute Gasteiger partial charge is 0.387 e. The molecule has 2 bridgehead atoms. The zero-order valence-electron chi connectivity index (χ0n) is 31.7. The van der Waals surface area contributed by atoms with Crippen LogP contribution in [0, 0.1) is 11.2 Å². The Hall–Kier alpha value is -3.59. The van der Waals surface area contributed by atoms with Gasteiger partial charge in [-0.2, -0.15) is 8.78 Å². The van der Waals surface area contributed by atoms with E-state index in [0.29, 0.717) is 59.4 Å². The minimum absolute atomic E-state index is 0.0456. The van der Waals surface area contributed by atoms with Gasteiger partial charge in [-0.15, -0.1) is 0 Å². The van der Waals surface area contributed by atoms with Gasteiger partial charge in [-0.25, -0.2) is 18.3 Å². The second kappa shape index (κ2) is 12.7. The predicted molar refractivity (Wildman–Crippen MR) is 202 cm³/mol. The lowest BCUT2D eigenvalue weighted by Crippen LogP contribution is -2.62. The summed E-state index contributed by atoms with van der Waals surface area (Å²) < 4.78 is 73.1. The Labute approximate surface area is 312 Å². The molecule has 0 spiro atoms. The Bertz CT molecular complexity index is 2140. The number of halogens is 3. The number of hydrogen-bond acceptors (Lipinski definition) is 6. The molecule has 2 N–H and O–H groups in total. The van der Waals surface area contributed by atoms with E-state index in [2.05, 4.69) is 50.8 Å². The minimum Gasteiger partial charge on any atom is -0.434 e. The number of aromatic nitrogens is 3. The highest BCUT2D eigenvalue weighted by molar-refractivity contribution is 7.84. The first kappa shape index (κ1) is 37.7. The molecule has 3 atom stereocenters. The maximum atomic E-state index is 16.5. The van der Waals surface area contributed by atoms with Gasteiger partial charge in [-0.05, 0) is 99.5 Å². The fourth-order valence-electron chi connectivity index (χ4n) is 7.83. The molecule has 4 aromatic rings. The molecule has 0 radical (unpaired) electrons. The lowest BCUT2D eigenvalue weighted by molar-refractivity contribution is -0.0507. The van der Waals surface area contributed by atoms with Crippen LogP contribution in [0.3, 0.4) is 0 Å². The van der Waals surface area contributed by atoms with Gasteiger partial charge >= 0.3 is 6.61 Å². The molecule has 1 fully saturated rings. The number of rotatable bonds is 9. The van der Waals surface area contributed by atoms with Crippen LogP contribution in [0.2, 0.25) is 18.1 Å². The number of amides is 1. The van der Waals surface area contributed by atoms with E-state index in [1.807, 2.05) is 43.5 Å². The van der Waals surface area contributed by atoms with E-state index in [1.54, 1.807) is 12.3 Å². The van der Waals surface area contributed by atoms with E-state index < -0.39 is 54.1 Å². The Morgan fingerprint density at radius 1 is 1.09 bits per heavy atom. The van der Waals surface area contributed by atoms with Gasteiger partial charge in [0.2, 0.25) is 0 Å². The fraction of sp³-hybridized carbons (Fsp3) is 0.513. The van der Waals surface area contributed by atoms with Crippen LogP contribution in [0.5, 0.6) is 5.75 Å². The molecule has 0 unspecified atom stereocenters. The molecular formula is C39H48F3N5O4SSi. The number of benzene rings is 2. The Morgan fingerprint density at radius 3 is 2.45 bits per heavy atom. The zero-order chi connectivity index (χ0) is 38.5. The number of nitrogens with one attached hydrogen (secondary N) is 2. The summed E-state index contributed by atoms with van der Waals surface area (Å²) in [4.78, 5) is 22.7. The molecule has 2 aromatic carbocycles. The summed E-state index contributed by atoms with van der Waals surface area (Å²) in [5.41, 5.74) is 2.23. The predicted octanol–water partition coefficient (Wildman–Crippen LogP) is 8.69. The van der Waals surface area contributed by atoms with Crippen molar-refractivity contribution in [1.82, 2.24) is 24.6 Å². The van der Waals surface area contributed by atoms with Crippen molar-refractivity contribution in [2.24, 2.45) is 5.41 Å². The Morgan fingerprint density at radius 2 is 1.81 bits per heavy atom. The Balaban J connectivity index is 1.23. The first-order valence-corrected chi connectivity index (χ1v) is 22.1. The third-order valence-corrected chi connectivity index (χ3v) is 17.6. The molecule has 284 valence electrons. The lowest BCUT2D eigenvalue weighted by Gasteiger charge is -2.55. The largest absolute Gasteiger partial charge is 0.434 e. The number of carbonyl (C=O) groups is 1. The molecule has 1 aliphatic carbocycles. The molecule has 9 nitrogen and oxygen atoms in total. The summed E-state index contributed by atoms with van der Waals surface area (Å²) in [6, 6.07) is 10.7. The van der Waals surface area contributed by atoms with E-state index in [9.17, 15) is 17.8 Å². The average molecular weight is 768 g/mol. The summed E-state index contributed by atoms with van der Waals surface area (Å²) in [5.74, 6) is -0.330. The van der Waals surface area contributed by atoms with Crippen molar-refractivity contribution in [1.29, 1.82) is 0 Å². The summed E-state index contributed by atoms with van der Waals surface area (Å²) in [5, 5.41) is 3.05. The number of imidazole rings is 1. The van der Waals surface area contributed by atoms with E-state index in [1.165, 1.54) is 18.2 Å². The Kier molecular flexibility index (Phi) is 9.07. The number of carbonyl (C=O) groups excluding carboxylic acids is 1. The zero-order valence-corrected chi connectivity index (χ0v) is 33.5. The number of pyridine rings is 1. The average Bonchev–Trinajstić information content (AvgIpc) is 3.53. The molecule has 0 saturated heterocycles. The third kappa shape index (κ3) is 6.63. The quantitative estimate of drug-likeness (QED) is 0.165. The summed E-state index contributed by atoms with van der Waals surface area (Å²) in [7, 11) is -3.52. The van der Waals surface area contributed by atoms with E-state index in [-0.39, 0.29) is 33.4 Å². The molecule has 53 heavy (non-hydrogen) atoms. The highest BCUT2D eigenvalue weighted by Gasteiger charge is 2.57. The van der Waals surface area contributed by atoms with Gasteiger partial charge in [0.05, 0.1) is 50.1 Å². The third-order valence-electron chi connectivity index (χ3n) is 11.5. The van der Waals surface area contributed by atoms with Crippen LogP contribution in [0.4, 0.5) is 13.2 Å². The molecule has 1 amide bonds. The number of alkyl halides is 2. The minimum atomic E-state index is -3.06.